The van der Waals surface area contributed by atoms with Crippen molar-refractivity contribution in [3.05, 3.63) is 0 Å². The molecule has 0 aliphatic carbocycles. The average molecular weight is 248 g/mol. The smallest absolute Gasteiger partial charge is 0.303 e. The van der Waals surface area contributed by atoms with Crippen molar-refractivity contribution in [2.24, 2.45) is 0 Å². The first-order valence-electron chi connectivity index (χ1n) is 5.55. The summed E-state index contributed by atoms with van der Waals surface area (Å²) in [6.07, 6.45) is -3.46. The molecule has 0 saturated carbocycles. The standard InChI is InChI=1S/C11H17FO5/c1-4-8(16-6(2)13)11-10(12)9(5-15-11)17-7(3)14/h8-11H,4-5H2,1-3H3/t8-,9-,10+,11+/m0/s1. The van der Waals surface area contributed by atoms with E-state index in [1.54, 1.807) is 6.92 Å². The minimum atomic E-state index is -1.47. The van der Waals surface area contributed by atoms with Crippen molar-refractivity contribution in [1.29, 1.82) is 0 Å². The molecule has 0 aromatic heterocycles. The van der Waals surface area contributed by atoms with Gasteiger partial charge >= 0.3 is 11.9 Å². The first kappa shape index (κ1) is 13.9. The summed E-state index contributed by atoms with van der Waals surface area (Å²) in [6.45, 7) is 4.23. The van der Waals surface area contributed by atoms with Crippen LogP contribution in [-0.4, -0.2) is 43.0 Å². The van der Waals surface area contributed by atoms with E-state index < -0.39 is 36.4 Å². The van der Waals surface area contributed by atoms with Gasteiger partial charge in [-0.2, -0.15) is 0 Å². The minimum Gasteiger partial charge on any atom is -0.460 e. The van der Waals surface area contributed by atoms with Gasteiger partial charge in [0.05, 0.1) is 6.61 Å². The highest BCUT2D eigenvalue weighted by molar-refractivity contribution is 5.66. The second kappa shape index (κ2) is 5.95. The molecule has 5 nitrogen and oxygen atoms in total. The number of hydrogen-bond donors (Lipinski definition) is 0. The molecule has 4 atom stereocenters. The fraction of sp³-hybridized carbons (Fsp3) is 0.818. The van der Waals surface area contributed by atoms with Crippen LogP contribution >= 0.6 is 0 Å². The third kappa shape index (κ3) is 3.66. The van der Waals surface area contributed by atoms with E-state index in [0.29, 0.717) is 6.42 Å². The molecule has 0 bridgehead atoms. The molecule has 1 aliphatic rings. The Morgan fingerprint density at radius 3 is 2.53 bits per heavy atom. The van der Waals surface area contributed by atoms with Crippen LogP contribution in [-0.2, 0) is 23.8 Å². The van der Waals surface area contributed by atoms with Gasteiger partial charge in [-0.05, 0) is 6.42 Å². The van der Waals surface area contributed by atoms with E-state index in [-0.39, 0.29) is 6.61 Å². The van der Waals surface area contributed by atoms with Gasteiger partial charge in [-0.25, -0.2) is 4.39 Å². The first-order valence-corrected chi connectivity index (χ1v) is 5.55. The third-order valence-electron chi connectivity index (χ3n) is 2.53. The van der Waals surface area contributed by atoms with Crippen LogP contribution in [0.15, 0.2) is 0 Å². The number of alkyl halides is 1. The molecule has 1 heterocycles. The summed E-state index contributed by atoms with van der Waals surface area (Å²) in [4.78, 5) is 21.6. The van der Waals surface area contributed by atoms with Gasteiger partial charge in [-0.1, -0.05) is 6.92 Å². The molecule has 0 aromatic rings. The highest BCUT2D eigenvalue weighted by atomic mass is 19.1. The molecule has 1 fully saturated rings. The summed E-state index contributed by atoms with van der Waals surface area (Å²) in [5.41, 5.74) is 0. The van der Waals surface area contributed by atoms with E-state index in [4.69, 9.17) is 14.2 Å². The Morgan fingerprint density at radius 1 is 1.41 bits per heavy atom. The van der Waals surface area contributed by atoms with Gasteiger partial charge < -0.3 is 14.2 Å². The van der Waals surface area contributed by atoms with Crippen molar-refractivity contribution in [1.82, 2.24) is 0 Å². The maximum absolute atomic E-state index is 13.9. The fourth-order valence-corrected chi connectivity index (χ4v) is 1.82. The largest absolute Gasteiger partial charge is 0.460 e. The normalized spacial score (nSPS) is 29.8. The lowest BCUT2D eigenvalue weighted by atomic mass is 10.1. The summed E-state index contributed by atoms with van der Waals surface area (Å²) in [7, 11) is 0. The molecule has 1 rings (SSSR count). The second-order valence-corrected chi connectivity index (χ2v) is 3.95. The topological polar surface area (TPSA) is 61.8 Å². The molecule has 0 N–H and O–H groups in total. The zero-order chi connectivity index (χ0) is 13.0. The van der Waals surface area contributed by atoms with Crippen LogP contribution in [0.2, 0.25) is 0 Å². The lowest BCUT2D eigenvalue weighted by Crippen LogP contribution is -2.39. The van der Waals surface area contributed by atoms with Gasteiger partial charge in [0.2, 0.25) is 0 Å². The molecule has 0 spiro atoms. The van der Waals surface area contributed by atoms with Crippen LogP contribution in [0.3, 0.4) is 0 Å². The van der Waals surface area contributed by atoms with Crippen molar-refractivity contribution in [2.45, 2.75) is 51.7 Å². The predicted molar refractivity (Wildman–Crippen MR) is 56.0 cm³/mol. The monoisotopic (exact) mass is 248 g/mol. The molecule has 17 heavy (non-hydrogen) atoms. The summed E-state index contributed by atoms with van der Waals surface area (Å²) in [5.74, 6) is -1.04. The Kier molecular flexibility index (Phi) is 4.86. The maximum Gasteiger partial charge on any atom is 0.303 e. The van der Waals surface area contributed by atoms with Crippen LogP contribution in [0.1, 0.15) is 27.2 Å². The summed E-state index contributed by atoms with van der Waals surface area (Å²) in [5, 5.41) is 0. The molecular formula is C11H17FO5. The molecule has 6 heteroatoms. The number of halogens is 1. The van der Waals surface area contributed by atoms with E-state index in [1.165, 1.54) is 13.8 Å². The SMILES string of the molecule is CC[C@H](OC(C)=O)[C@H]1OC[C@H](OC(C)=O)[C@H]1F. The number of esters is 2. The van der Waals surface area contributed by atoms with Gasteiger partial charge in [0.25, 0.3) is 0 Å². The molecule has 98 valence electrons. The maximum atomic E-state index is 13.9. The number of hydrogen-bond acceptors (Lipinski definition) is 5. The van der Waals surface area contributed by atoms with E-state index in [2.05, 4.69) is 0 Å². The van der Waals surface area contributed by atoms with Crippen molar-refractivity contribution in [3.8, 4) is 0 Å². The van der Waals surface area contributed by atoms with Crippen LogP contribution < -0.4 is 0 Å². The van der Waals surface area contributed by atoms with Crippen molar-refractivity contribution < 1.29 is 28.2 Å². The average Bonchev–Trinajstić information content (AvgIpc) is 2.56. The van der Waals surface area contributed by atoms with Gasteiger partial charge in [-0.3, -0.25) is 9.59 Å². The van der Waals surface area contributed by atoms with E-state index >= 15 is 0 Å². The first-order chi connectivity index (χ1) is 7.95. The Hall–Kier alpha value is -1.17. The minimum absolute atomic E-state index is 0.0107. The Morgan fingerprint density at radius 2 is 2.06 bits per heavy atom. The van der Waals surface area contributed by atoms with Crippen LogP contribution in [0.25, 0.3) is 0 Å². The predicted octanol–water partition coefficient (Wildman–Crippen LogP) is 0.997. The molecule has 0 aromatic carbocycles. The van der Waals surface area contributed by atoms with Crippen LogP contribution in [0.4, 0.5) is 4.39 Å². The Balaban J connectivity index is 2.60. The summed E-state index contributed by atoms with van der Waals surface area (Å²) >= 11 is 0. The molecule has 1 aliphatic heterocycles. The van der Waals surface area contributed by atoms with Crippen LogP contribution in [0, 0.1) is 0 Å². The zero-order valence-electron chi connectivity index (χ0n) is 10.1. The van der Waals surface area contributed by atoms with E-state index in [1.807, 2.05) is 0 Å². The lowest BCUT2D eigenvalue weighted by molar-refractivity contribution is -0.155. The quantitative estimate of drug-likeness (QED) is 0.694. The van der Waals surface area contributed by atoms with Gasteiger partial charge in [0, 0.05) is 13.8 Å². The third-order valence-corrected chi connectivity index (χ3v) is 2.53. The number of carbonyl (C=O) groups excluding carboxylic acids is 2. The van der Waals surface area contributed by atoms with Gasteiger partial charge in [-0.15, -0.1) is 0 Å². The number of rotatable bonds is 4. The van der Waals surface area contributed by atoms with E-state index in [0.717, 1.165) is 0 Å². The zero-order valence-corrected chi connectivity index (χ0v) is 10.1. The lowest BCUT2D eigenvalue weighted by Gasteiger charge is -2.23. The summed E-state index contributed by atoms with van der Waals surface area (Å²) < 4.78 is 28.8. The van der Waals surface area contributed by atoms with Crippen molar-refractivity contribution in [2.75, 3.05) is 6.61 Å². The number of carbonyl (C=O) groups is 2. The van der Waals surface area contributed by atoms with E-state index in [9.17, 15) is 14.0 Å². The molecular weight excluding hydrogens is 231 g/mol. The Labute approximate surface area is 99.2 Å². The summed E-state index contributed by atoms with van der Waals surface area (Å²) in [6, 6.07) is 0. The molecule has 1 saturated heterocycles. The van der Waals surface area contributed by atoms with Gasteiger partial charge in [0.1, 0.15) is 12.2 Å². The van der Waals surface area contributed by atoms with Crippen LogP contribution in [0.5, 0.6) is 0 Å². The highest BCUT2D eigenvalue weighted by Crippen LogP contribution is 2.26. The second-order valence-electron chi connectivity index (χ2n) is 3.95. The molecule has 0 amide bonds. The Bertz CT molecular complexity index is 294. The van der Waals surface area contributed by atoms with Crippen molar-refractivity contribution >= 4 is 11.9 Å². The number of ether oxygens (including phenoxy) is 3. The molecule has 0 unspecified atom stereocenters. The highest BCUT2D eigenvalue weighted by Gasteiger charge is 2.44. The van der Waals surface area contributed by atoms with Gasteiger partial charge in [0.15, 0.2) is 12.3 Å². The fourth-order valence-electron chi connectivity index (χ4n) is 1.82. The molecule has 0 radical (unpaired) electrons. The van der Waals surface area contributed by atoms with Crippen molar-refractivity contribution in [3.63, 3.8) is 0 Å².